The number of methoxy groups -OCH3 is 1. The van der Waals surface area contributed by atoms with Crippen LogP contribution >= 0.6 is 0 Å². The zero-order chi connectivity index (χ0) is 27.6. The van der Waals surface area contributed by atoms with Crippen molar-refractivity contribution in [2.75, 3.05) is 26.8 Å². The minimum Gasteiger partial charge on any atom is -0.468 e. The van der Waals surface area contributed by atoms with Gasteiger partial charge in [-0.1, -0.05) is 37.6 Å². The van der Waals surface area contributed by atoms with E-state index < -0.39 is 48.2 Å². The van der Waals surface area contributed by atoms with Gasteiger partial charge in [-0.3, -0.25) is 14.4 Å². The molecular formula is C26H41N3O7. The monoisotopic (exact) mass is 507 g/mol. The van der Waals surface area contributed by atoms with Crippen molar-refractivity contribution in [1.29, 1.82) is 0 Å². The number of nitrogens with zero attached hydrogens (tertiary/aromatic N) is 1. The zero-order valence-electron chi connectivity index (χ0n) is 22.6. The first-order valence-corrected chi connectivity index (χ1v) is 12.0. The fourth-order valence-corrected chi connectivity index (χ4v) is 3.73. The molecule has 0 spiro atoms. The fourth-order valence-electron chi connectivity index (χ4n) is 3.73. The van der Waals surface area contributed by atoms with E-state index in [2.05, 4.69) is 15.4 Å². The maximum atomic E-state index is 13.8. The van der Waals surface area contributed by atoms with Crippen molar-refractivity contribution in [3.05, 3.63) is 34.9 Å². The lowest BCUT2D eigenvalue weighted by Crippen LogP contribution is -2.54. The summed E-state index contributed by atoms with van der Waals surface area (Å²) in [6.07, 6.45) is -0.479. The number of hydrogen-bond donors (Lipinski definition) is 3. The molecule has 0 aliphatic carbocycles. The van der Waals surface area contributed by atoms with E-state index in [4.69, 9.17) is 4.74 Å². The average Bonchev–Trinajstić information content (AvgIpc) is 2.75. The first-order valence-electron chi connectivity index (χ1n) is 12.0. The lowest BCUT2D eigenvalue weighted by Gasteiger charge is -2.35. The van der Waals surface area contributed by atoms with Gasteiger partial charge in [-0.25, -0.2) is 4.79 Å². The number of aliphatic hydroxyl groups is 1. The van der Waals surface area contributed by atoms with Crippen molar-refractivity contribution in [2.24, 2.45) is 5.92 Å². The largest absolute Gasteiger partial charge is 0.468 e. The van der Waals surface area contributed by atoms with Crippen LogP contribution in [0.3, 0.4) is 0 Å². The Labute approximate surface area is 213 Å². The number of benzene rings is 1. The normalized spacial score (nSPS) is 12.9. The summed E-state index contributed by atoms with van der Waals surface area (Å²) in [7, 11) is 1.20. The van der Waals surface area contributed by atoms with Crippen molar-refractivity contribution in [3.63, 3.8) is 0 Å². The SMILES string of the molecule is COC(=O)CNC(=O)C(c1ccc(C)cc1C)N(CCO)C(=O)C(CC(C)C)NC(=O)OC(C)(C)C. The molecule has 0 heterocycles. The number of nitrogens with one attached hydrogen (secondary N) is 2. The number of rotatable bonds is 11. The van der Waals surface area contributed by atoms with Crippen LogP contribution in [-0.4, -0.2) is 72.3 Å². The molecule has 0 aliphatic rings. The molecule has 0 fully saturated rings. The second-order valence-corrected chi connectivity index (χ2v) is 10.1. The van der Waals surface area contributed by atoms with Gasteiger partial charge in [-0.15, -0.1) is 0 Å². The molecule has 36 heavy (non-hydrogen) atoms. The number of carbonyl (C=O) groups excluding carboxylic acids is 4. The van der Waals surface area contributed by atoms with Crippen LogP contribution in [0, 0.1) is 19.8 Å². The fraction of sp³-hybridized carbons (Fsp3) is 0.615. The van der Waals surface area contributed by atoms with Crippen molar-refractivity contribution in [3.8, 4) is 0 Å². The summed E-state index contributed by atoms with van der Waals surface area (Å²) in [6.45, 7) is 11.7. The molecule has 10 heteroatoms. The van der Waals surface area contributed by atoms with Crippen LogP contribution < -0.4 is 10.6 Å². The Morgan fingerprint density at radius 2 is 1.75 bits per heavy atom. The number of amides is 3. The van der Waals surface area contributed by atoms with E-state index in [1.165, 1.54) is 12.0 Å². The minimum absolute atomic E-state index is 0.0255. The Kier molecular flexibility index (Phi) is 11.9. The van der Waals surface area contributed by atoms with Gasteiger partial charge in [0.2, 0.25) is 11.8 Å². The van der Waals surface area contributed by atoms with Gasteiger partial charge in [0, 0.05) is 6.54 Å². The summed E-state index contributed by atoms with van der Waals surface area (Å²) in [5.74, 6) is -1.79. The highest BCUT2D eigenvalue weighted by atomic mass is 16.6. The van der Waals surface area contributed by atoms with Crippen LogP contribution in [0.2, 0.25) is 0 Å². The maximum absolute atomic E-state index is 13.8. The molecule has 3 amide bonds. The number of ether oxygens (including phenoxy) is 2. The molecule has 2 unspecified atom stereocenters. The molecule has 0 bridgehead atoms. The van der Waals surface area contributed by atoms with Crippen molar-refractivity contribution < 1.29 is 33.8 Å². The average molecular weight is 508 g/mol. The molecule has 1 rings (SSSR count). The molecule has 202 valence electrons. The van der Waals surface area contributed by atoms with Gasteiger partial charge >= 0.3 is 12.1 Å². The van der Waals surface area contributed by atoms with Crippen LogP contribution in [0.25, 0.3) is 0 Å². The number of alkyl carbamates (subject to hydrolysis) is 1. The van der Waals surface area contributed by atoms with E-state index in [0.29, 0.717) is 5.56 Å². The van der Waals surface area contributed by atoms with Crippen LogP contribution in [0.5, 0.6) is 0 Å². The Hall–Kier alpha value is -3.14. The molecule has 2 atom stereocenters. The first-order chi connectivity index (χ1) is 16.7. The van der Waals surface area contributed by atoms with Crippen molar-refractivity contribution in [1.82, 2.24) is 15.5 Å². The number of esters is 1. The second kappa shape index (κ2) is 13.8. The summed E-state index contributed by atoms with van der Waals surface area (Å²) in [6, 6.07) is 3.26. The Morgan fingerprint density at radius 1 is 1.11 bits per heavy atom. The highest BCUT2D eigenvalue weighted by molar-refractivity contribution is 5.93. The van der Waals surface area contributed by atoms with Gasteiger partial charge in [0.25, 0.3) is 0 Å². The van der Waals surface area contributed by atoms with E-state index in [0.717, 1.165) is 11.1 Å². The summed E-state index contributed by atoms with van der Waals surface area (Å²) in [5.41, 5.74) is 1.49. The smallest absolute Gasteiger partial charge is 0.408 e. The van der Waals surface area contributed by atoms with E-state index in [9.17, 15) is 24.3 Å². The number of aliphatic hydroxyl groups excluding tert-OH is 1. The van der Waals surface area contributed by atoms with E-state index in [-0.39, 0.29) is 25.4 Å². The van der Waals surface area contributed by atoms with E-state index in [1.807, 2.05) is 39.8 Å². The van der Waals surface area contributed by atoms with Crippen LogP contribution in [0.1, 0.15) is 63.8 Å². The highest BCUT2D eigenvalue weighted by Gasteiger charge is 2.37. The summed E-state index contributed by atoms with van der Waals surface area (Å²) >= 11 is 0. The zero-order valence-corrected chi connectivity index (χ0v) is 22.6. The minimum atomic E-state index is -1.16. The predicted molar refractivity (Wildman–Crippen MR) is 135 cm³/mol. The third-order valence-electron chi connectivity index (χ3n) is 5.23. The molecule has 1 aromatic rings. The molecule has 3 N–H and O–H groups in total. The first kappa shape index (κ1) is 30.9. The second-order valence-electron chi connectivity index (χ2n) is 10.1. The van der Waals surface area contributed by atoms with E-state index in [1.54, 1.807) is 26.8 Å². The van der Waals surface area contributed by atoms with Crippen LogP contribution in [0.15, 0.2) is 18.2 Å². The number of aryl methyl sites for hydroxylation is 2. The van der Waals surface area contributed by atoms with E-state index >= 15 is 0 Å². The maximum Gasteiger partial charge on any atom is 0.408 e. The molecule has 0 aromatic heterocycles. The van der Waals surface area contributed by atoms with Gasteiger partial charge in [0.05, 0.1) is 13.7 Å². The molecule has 10 nitrogen and oxygen atoms in total. The third-order valence-corrected chi connectivity index (χ3v) is 5.23. The summed E-state index contributed by atoms with van der Waals surface area (Å²) < 4.78 is 9.95. The van der Waals surface area contributed by atoms with Gasteiger partial charge in [0.15, 0.2) is 0 Å². The van der Waals surface area contributed by atoms with Crippen LogP contribution in [-0.2, 0) is 23.9 Å². The lowest BCUT2D eigenvalue weighted by atomic mass is 9.95. The lowest BCUT2D eigenvalue weighted by molar-refractivity contribution is -0.145. The van der Waals surface area contributed by atoms with Crippen LogP contribution in [0.4, 0.5) is 4.79 Å². The van der Waals surface area contributed by atoms with Gasteiger partial charge < -0.3 is 30.1 Å². The molecule has 0 saturated carbocycles. The molecule has 0 saturated heterocycles. The number of carbonyl (C=O) groups is 4. The quantitative estimate of drug-likeness (QED) is 0.392. The molecular weight excluding hydrogens is 466 g/mol. The number of hydrogen-bond acceptors (Lipinski definition) is 7. The summed E-state index contributed by atoms with van der Waals surface area (Å²) in [4.78, 5) is 52.6. The molecule has 0 radical (unpaired) electrons. The predicted octanol–water partition coefficient (Wildman–Crippen LogP) is 2.39. The topological polar surface area (TPSA) is 134 Å². The Morgan fingerprint density at radius 3 is 2.25 bits per heavy atom. The Balaban J connectivity index is 3.48. The van der Waals surface area contributed by atoms with Crippen molar-refractivity contribution in [2.45, 2.75) is 72.6 Å². The molecule has 1 aromatic carbocycles. The van der Waals surface area contributed by atoms with Gasteiger partial charge in [-0.05, 0) is 58.1 Å². The third kappa shape index (κ3) is 9.85. The molecule has 0 aliphatic heterocycles. The standard InChI is InChI=1S/C26H41N3O7/c1-16(2)13-20(28-25(34)36-26(5,6)7)24(33)29(11-12-30)22(23(32)27-15-21(31)35-8)19-10-9-17(3)14-18(19)4/h9-10,14,16,20,22,30H,11-13,15H2,1-8H3,(H,27,32)(H,28,34). The highest BCUT2D eigenvalue weighted by Crippen LogP contribution is 2.27. The summed E-state index contributed by atoms with van der Waals surface area (Å²) in [5, 5.41) is 15.0. The van der Waals surface area contributed by atoms with Gasteiger partial charge in [0.1, 0.15) is 24.2 Å². The van der Waals surface area contributed by atoms with Crippen molar-refractivity contribution >= 4 is 23.9 Å². The Bertz CT molecular complexity index is 925. The van der Waals surface area contributed by atoms with Gasteiger partial charge in [-0.2, -0.15) is 0 Å².